The van der Waals surface area contributed by atoms with E-state index in [1.165, 1.54) is 24.3 Å². The Hall–Kier alpha value is -3.83. The van der Waals surface area contributed by atoms with Gasteiger partial charge in [-0.1, -0.05) is 45.4 Å². The van der Waals surface area contributed by atoms with E-state index in [9.17, 15) is 36.5 Å². The van der Waals surface area contributed by atoms with Gasteiger partial charge >= 0.3 is 12.2 Å². The fourth-order valence-corrected chi connectivity index (χ4v) is 4.27. The second-order valence-electron chi connectivity index (χ2n) is 7.61. The van der Waals surface area contributed by atoms with Gasteiger partial charge in [0.15, 0.2) is 11.7 Å². The maximum absolute atomic E-state index is 12.6. The second kappa shape index (κ2) is 16.0. The maximum atomic E-state index is 12.6. The molecule has 0 bridgehead atoms. The summed E-state index contributed by atoms with van der Waals surface area (Å²) < 4.78 is 82.4. The number of benzene rings is 2. The first-order chi connectivity index (χ1) is 20.0. The first-order valence-corrected chi connectivity index (χ1v) is 13.7. The highest BCUT2D eigenvalue weighted by Gasteiger charge is 2.13. The van der Waals surface area contributed by atoms with Gasteiger partial charge in [-0.15, -0.1) is 0 Å². The quantitative estimate of drug-likeness (QED) is 0.0671. The molecule has 42 heavy (non-hydrogen) atoms. The van der Waals surface area contributed by atoms with Crippen molar-refractivity contribution in [3.05, 3.63) is 87.5 Å². The highest BCUT2D eigenvalue weighted by molar-refractivity contribution is 7.99. The molecule has 4 aromatic rings. The number of nitro groups is 1. The standard InChI is InChI=1S/C12H8ClF3N2OS.C12H8F3N3O3S/c13-8-3-1-7(2-4-8)11-17-12(19-18-11)20-6-5-9(14)10(15)16;13-9(10(14)15)5-6-22-12-16-11(17-21-12)7-1-3-8(4-2-7)18(19)20/h1-4H,5-6H2;1-4H,5-6H2. The normalized spacial score (nSPS) is 10.5. The molecule has 0 radical (unpaired) electrons. The molecule has 9 nitrogen and oxygen atoms in total. The average Bonchev–Trinajstić information content (AvgIpc) is 3.64. The van der Waals surface area contributed by atoms with Crippen LogP contribution < -0.4 is 0 Å². The highest BCUT2D eigenvalue weighted by atomic mass is 35.5. The Kier molecular flexibility index (Phi) is 12.4. The Morgan fingerprint density at radius 3 is 1.52 bits per heavy atom. The second-order valence-corrected chi connectivity index (χ2v) is 10.1. The molecule has 0 saturated carbocycles. The van der Waals surface area contributed by atoms with Crippen molar-refractivity contribution in [2.45, 2.75) is 23.3 Å². The largest absolute Gasteiger partial charge is 0.327 e. The van der Waals surface area contributed by atoms with Crippen LogP contribution in [0.2, 0.25) is 5.02 Å². The van der Waals surface area contributed by atoms with Crippen LogP contribution in [0.25, 0.3) is 22.8 Å². The third kappa shape index (κ3) is 10.2. The fourth-order valence-electron chi connectivity index (χ4n) is 2.75. The minimum absolute atomic E-state index is 0.0189. The summed E-state index contributed by atoms with van der Waals surface area (Å²) in [6, 6.07) is 12.3. The van der Waals surface area contributed by atoms with Gasteiger partial charge in [-0.3, -0.25) is 10.1 Å². The molecular formula is C24H16ClF6N5O4S2. The van der Waals surface area contributed by atoms with Crippen molar-refractivity contribution in [1.29, 1.82) is 0 Å². The zero-order valence-electron chi connectivity index (χ0n) is 20.8. The number of nitro benzene ring substituents is 1. The van der Waals surface area contributed by atoms with Crippen molar-refractivity contribution in [3.63, 3.8) is 0 Å². The number of halogens is 7. The van der Waals surface area contributed by atoms with Crippen molar-refractivity contribution in [1.82, 2.24) is 20.3 Å². The molecule has 0 amide bonds. The van der Waals surface area contributed by atoms with Crippen LogP contribution in [0.5, 0.6) is 0 Å². The van der Waals surface area contributed by atoms with E-state index in [4.69, 9.17) is 20.6 Å². The molecular weight excluding hydrogens is 636 g/mol. The van der Waals surface area contributed by atoms with Crippen LogP contribution >= 0.6 is 35.1 Å². The van der Waals surface area contributed by atoms with Crippen LogP contribution in [-0.2, 0) is 0 Å². The van der Waals surface area contributed by atoms with E-state index in [1.54, 1.807) is 24.3 Å². The first kappa shape index (κ1) is 32.7. The van der Waals surface area contributed by atoms with Crippen LogP contribution in [-0.4, -0.2) is 36.7 Å². The van der Waals surface area contributed by atoms with E-state index in [0.717, 1.165) is 23.5 Å². The minimum atomic E-state index is -2.34. The highest BCUT2D eigenvalue weighted by Crippen LogP contribution is 2.26. The van der Waals surface area contributed by atoms with E-state index < -0.39 is 35.2 Å². The summed E-state index contributed by atoms with van der Waals surface area (Å²) in [7, 11) is 0. The third-order valence-corrected chi connectivity index (χ3v) is 6.65. The lowest BCUT2D eigenvalue weighted by atomic mass is 10.2. The van der Waals surface area contributed by atoms with Gasteiger partial charge in [0.1, 0.15) is 0 Å². The Balaban J connectivity index is 0.000000231. The average molecular weight is 652 g/mol. The molecule has 0 aliphatic carbocycles. The van der Waals surface area contributed by atoms with Crippen LogP contribution in [0.15, 0.2) is 91.8 Å². The Labute approximate surface area is 246 Å². The number of hydrogen-bond donors (Lipinski definition) is 0. The van der Waals surface area contributed by atoms with Crippen molar-refractivity contribution in [3.8, 4) is 22.8 Å². The molecule has 2 heterocycles. The molecule has 0 spiro atoms. The predicted octanol–water partition coefficient (Wildman–Crippen LogP) is 9.15. The summed E-state index contributed by atoms with van der Waals surface area (Å²) in [5, 5.41) is 18.8. The molecule has 0 saturated heterocycles. The smallest absolute Gasteiger partial charge is 0.301 e. The first-order valence-electron chi connectivity index (χ1n) is 11.4. The van der Waals surface area contributed by atoms with Crippen LogP contribution in [0.3, 0.4) is 0 Å². The molecule has 0 atom stereocenters. The van der Waals surface area contributed by atoms with Gasteiger partial charge in [-0.2, -0.15) is 27.5 Å². The number of rotatable bonds is 11. The van der Waals surface area contributed by atoms with Crippen molar-refractivity contribution in [2.75, 3.05) is 11.5 Å². The minimum Gasteiger partial charge on any atom is -0.327 e. The van der Waals surface area contributed by atoms with E-state index in [-0.39, 0.29) is 39.9 Å². The van der Waals surface area contributed by atoms with Gasteiger partial charge in [0, 0.05) is 52.6 Å². The predicted molar refractivity (Wildman–Crippen MR) is 143 cm³/mol. The lowest BCUT2D eigenvalue weighted by Crippen LogP contribution is -1.88. The fraction of sp³-hybridized carbons (Fsp3) is 0.167. The molecule has 0 fully saturated rings. The molecule has 2 aromatic carbocycles. The molecule has 0 unspecified atom stereocenters. The number of aromatic nitrogens is 4. The van der Waals surface area contributed by atoms with Crippen LogP contribution in [0.1, 0.15) is 12.8 Å². The van der Waals surface area contributed by atoms with Crippen LogP contribution in [0, 0.1) is 10.1 Å². The van der Waals surface area contributed by atoms with E-state index in [2.05, 4.69) is 20.3 Å². The number of hydrogen-bond acceptors (Lipinski definition) is 10. The van der Waals surface area contributed by atoms with Gasteiger partial charge in [0.25, 0.3) is 16.1 Å². The summed E-state index contributed by atoms with van der Waals surface area (Å²) in [5.74, 6) is -2.23. The van der Waals surface area contributed by atoms with Crippen molar-refractivity contribution < 1.29 is 40.3 Å². The van der Waals surface area contributed by atoms with Gasteiger partial charge in [-0.05, 0) is 36.4 Å². The Morgan fingerprint density at radius 2 is 1.14 bits per heavy atom. The lowest BCUT2D eigenvalue weighted by molar-refractivity contribution is -0.384. The van der Waals surface area contributed by atoms with E-state index in [1.807, 2.05) is 0 Å². The molecule has 0 aliphatic heterocycles. The van der Waals surface area contributed by atoms with Crippen molar-refractivity contribution in [2.24, 2.45) is 0 Å². The monoisotopic (exact) mass is 651 g/mol. The molecule has 4 rings (SSSR count). The summed E-state index contributed by atoms with van der Waals surface area (Å²) in [5.41, 5.74) is 1.14. The molecule has 222 valence electrons. The zero-order valence-corrected chi connectivity index (χ0v) is 23.2. The van der Waals surface area contributed by atoms with Gasteiger partial charge in [0.05, 0.1) is 4.92 Å². The summed E-state index contributed by atoms with van der Waals surface area (Å²) in [4.78, 5) is 18.1. The number of allylic oxidation sites excluding steroid dienone is 2. The maximum Gasteiger partial charge on any atom is 0.301 e. The summed E-state index contributed by atoms with van der Waals surface area (Å²) in [6.07, 6.45) is -5.45. The Morgan fingerprint density at radius 1 is 0.738 bits per heavy atom. The lowest BCUT2D eigenvalue weighted by Gasteiger charge is -1.94. The van der Waals surface area contributed by atoms with Crippen molar-refractivity contribution >= 4 is 40.8 Å². The zero-order chi connectivity index (χ0) is 30.6. The SMILES string of the molecule is FC(F)=C(F)CCSc1nc(-c2ccc(Cl)cc2)no1.O=[N+]([O-])c1ccc(-c2noc(SCCC(F)=C(F)F)n2)cc1. The van der Waals surface area contributed by atoms with Crippen LogP contribution in [0.4, 0.5) is 32.0 Å². The van der Waals surface area contributed by atoms with Gasteiger partial charge in [0.2, 0.25) is 11.6 Å². The Bertz CT molecular complexity index is 1540. The number of non-ortho nitro benzene ring substituents is 1. The van der Waals surface area contributed by atoms with E-state index in [0.29, 0.717) is 22.0 Å². The third-order valence-electron chi connectivity index (χ3n) is 4.76. The summed E-state index contributed by atoms with van der Waals surface area (Å²) in [6.45, 7) is 0. The topological polar surface area (TPSA) is 121 Å². The molecule has 0 N–H and O–H groups in total. The van der Waals surface area contributed by atoms with E-state index >= 15 is 0 Å². The molecule has 2 aromatic heterocycles. The molecule has 0 aliphatic rings. The number of thioether (sulfide) groups is 2. The number of nitrogens with zero attached hydrogens (tertiary/aromatic N) is 5. The summed E-state index contributed by atoms with van der Waals surface area (Å²) >= 11 is 7.70. The van der Waals surface area contributed by atoms with Gasteiger partial charge < -0.3 is 9.05 Å². The molecule has 18 heteroatoms. The van der Waals surface area contributed by atoms with Gasteiger partial charge in [-0.25, -0.2) is 8.78 Å².